The summed E-state index contributed by atoms with van der Waals surface area (Å²) in [5.74, 6) is 1.23. The van der Waals surface area contributed by atoms with E-state index in [0.29, 0.717) is 5.92 Å². The first-order valence-corrected chi connectivity index (χ1v) is 5.80. The molecule has 0 spiro atoms. The van der Waals surface area contributed by atoms with Crippen molar-refractivity contribution in [3.63, 3.8) is 0 Å². The highest BCUT2D eigenvalue weighted by molar-refractivity contribution is 5.83. The Morgan fingerprint density at radius 3 is 2.12 bits per heavy atom. The topological polar surface area (TPSA) is 26.0 Å². The summed E-state index contributed by atoms with van der Waals surface area (Å²) in [6.45, 7) is 12.8. The Morgan fingerprint density at radius 2 is 1.56 bits per heavy atom. The first kappa shape index (κ1) is 11.2. The number of nitrogens with zero attached hydrogens (tertiary/aromatic N) is 1. The van der Waals surface area contributed by atoms with Crippen LogP contribution in [0.25, 0.3) is 11.1 Å². The molecule has 0 unspecified atom stereocenters. The van der Waals surface area contributed by atoms with Gasteiger partial charge in [0.05, 0.1) is 0 Å². The van der Waals surface area contributed by atoms with Crippen molar-refractivity contribution >= 4 is 11.1 Å². The van der Waals surface area contributed by atoms with Gasteiger partial charge in [0, 0.05) is 6.92 Å². The fourth-order valence-corrected chi connectivity index (χ4v) is 2.40. The fourth-order valence-electron chi connectivity index (χ4n) is 2.40. The monoisotopic (exact) mass is 217 g/mol. The predicted octanol–water partition coefficient (Wildman–Crippen LogP) is 4.18. The van der Waals surface area contributed by atoms with Gasteiger partial charge < -0.3 is 4.42 Å². The minimum Gasteiger partial charge on any atom is -0.441 e. The molecular formula is C14H19NO. The molecule has 0 amide bonds. The van der Waals surface area contributed by atoms with E-state index in [-0.39, 0.29) is 0 Å². The Morgan fingerprint density at radius 1 is 0.938 bits per heavy atom. The van der Waals surface area contributed by atoms with Gasteiger partial charge >= 0.3 is 0 Å². The highest BCUT2D eigenvalue weighted by Gasteiger charge is 2.18. The lowest BCUT2D eigenvalue weighted by Crippen LogP contribution is -1.99. The predicted molar refractivity (Wildman–Crippen MR) is 67.0 cm³/mol. The van der Waals surface area contributed by atoms with E-state index in [9.17, 15) is 0 Å². The highest BCUT2D eigenvalue weighted by Crippen LogP contribution is 2.33. The van der Waals surface area contributed by atoms with E-state index in [4.69, 9.17) is 4.42 Å². The summed E-state index contributed by atoms with van der Waals surface area (Å²) in [5, 5.41) is 0. The second-order valence-electron chi connectivity index (χ2n) is 4.85. The van der Waals surface area contributed by atoms with Crippen LogP contribution in [0.1, 0.15) is 47.9 Å². The van der Waals surface area contributed by atoms with Crippen LogP contribution in [-0.2, 0) is 0 Å². The lowest BCUT2D eigenvalue weighted by atomic mass is 9.91. The average Bonchev–Trinajstić information content (AvgIpc) is 2.56. The summed E-state index contributed by atoms with van der Waals surface area (Å²) in [7, 11) is 0. The Labute approximate surface area is 96.7 Å². The molecule has 2 heteroatoms. The van der Waals surface area contributed by atoms with Gasteiger partial charge in [0.1, 0.15) is 5.52 Å². The van der Waals surface area contributed by atoms with Crippen LogP contribution < -0.4 is 0 Å². The minimum atomic E-state index is 0.478. The molecule has 86 valence electrons. The summed E-state index contributed by atoms with van der Waals surface area (Å²) < 4.78 is 5.71. The van der Waals surface area contributed by atoms with Gasteiger partial charge in [0.25, 0.3) is 0 Å². The van der Waals surface area contributed by atoms with Gasteiger partial charge in [-0.25, -0.2) is 4.98 Å². The van der Waals surface area contributed by atoms with E-state index in [1.54, 1.807) is 0 Å². The van der Waals surface area contributed by atoms with E-state index < -0.39 is 0 Å². The van der Waals surface area contributed by atoms with Gasteiger partial charge in [-0.15, -0.1) is 0 Å². The Kier molecular flexibility index (Phi) is 2.53. The standard InChI is InChI=1S/C14H19NO/c1-7(2)12-9(4)8(3)10(5)14-13(12)15-11(6)16-14/h7H,1-6H3. The first-order valence-electron chi connectivity index (χ1n) is 5.80. The molecule has 0 saturated heterocycles. The molecule has 0 bridgehead atoms. The Balaban J connectivity index is 2.97. The van der Waals surface area contributed by atoms with E-state index in [2.05, 4.69) is 39.6 Å². The van der Waals surface area contributed by atoms with Crippen LogP contribution in [0.5, 0.6) is 0 Å². The van der Waals surface area contributed by atoms with E-state index in [1.165, 1.54) is 22.3 Å². The van der Waals surface area contributed by atoms with Crippen molar-refractivity contribution in [1.29, 1.82) is 0 Å². The second-order valence-corrected chi connectivity index (χ2v) is 4.85. The summed E-state index contributed by atoms with van der Waals surface area (Å²) >= 11 is 0. The normalized spacial score (nSPS) is 11.7. The number of fused-ring (bicyclic) bond motifs is 1. The summed E-state index contributed by atoms with van der Waals surface area (Å²) in [5.41, 5.74) is 7.24. The maximum atomic E-state index is 5.71. The van der Waals surface area contributed by atoms with Crippen molar-refractivity contribution in [2.45, 2.75) is 47.5 Å². The zero-order valence-electron chi connectivity index (χ0n) is 10.9. The van der Waals surface area contributed by atoms with Gasteiger partial charge in [-0.3, -0.25) is 0 Å². The van der Waals surface area contributed by atoms with Crippen LogP contribution in [-0.4, -0.2) is 4.98 Å². The maximum Gasteiger partial charge on any atom is 0.192 e. The van der Waals surface area contributed by atoms with Crippen molar-refractivity contribution in [3.05, 3.63) is 28.1 Å². The summed E-state index contributed by atoms with van der Waals surface area (Å²) in [6, 6.07) is 0. The highest BCUT2D eigenvalue weighted by atomic mass is 16.3. The minimum absolute atomic E-state index is 0.478. The van der Waals surface area contributed by atoms with Crippen molar-refractivity contribution < 1.29 is 4.42 Å². The van der Waals surface area contributed by atoms with E-state index >= 15 is 0 Å². The largest absolute Gasteiger partial charge is 0.441 e. The van der Waals surface area contributed by atoms with Gasteiger partial charge in [0.15, 0.2) is 11.5 Å². The summed E-state index contributed by atoms with van der Waals surface area (Å²) in [4.78, 5) is 4.53. The molecule has 0 aliphatic carbocycles. The molecule has 1 aromatic carbocycles. The third-order valence-electron chi connectivity index (χ3n) is 3.44. The molecule has 0 fully saturated rings. The zero-order chi connectivity index (χ0) is 12.0. The molecule has 0 atom stereocenters. The lowest BCUT2D eigenvalue weighted by Gasteiger charge is -2.14. The zero-order valence-corrected chi connectivity index (χ0v) is 10.9. The molecule has 0 aliphatic rings. The Hall–Kier alpha value is -1.31. The number of hydrogen-bond donors (Lipinski definition) is 0. The molecule has 0 N–H and O–H groups in total. The molecule has 2 rings (SSSR count). The van der Waals surface area contributed by atoms with Gasteiger partial charge in [-0.1, -0.05) is 13.8 Å². The molecule has 2 aromatic rings. The van der Waals surface area contributed by atoms with E-state index in [0.717, 1.165) is 17.0 Å². The van der Waals surface area contributed by atoms with Crippen molar-refractivity contribution in [2.75, 3.05) is 0 Å². The van der Waals surface area contributed by atoms with Crippen LogP contribution >= 0.6 is 0 Å². The van der Waals surface area contributed by atoms with Crippen LogP contribution in [0.2, 0.25) is 0 Å². The number of oxazole rings is 1. The third kappa shape index (κ3) is 1.44. The molecule has 0 aliphatic heterocycles. The van der Waals surface area contributed by atoms with Crippen LogP contribution in [0.3, 0.4) is 0 Å². The number of aromatic nitrogens is 1. The Bertz CT molecular complexity index is 550. The van der Waals surface area contributed by atoms with Crippen molar-refractivity contribution in [1.82, 2.24) is 4.98 Å². The van der Waals surface area contributed by atoms with Crippen molar-refractivity contribution in [3.8, 4) is 0 Å². The molecule has 2 nitrogen and oxygen atoms in total. The number of rotatable bonds is 1. The molecule has 1 heterocycles. The summed E-state index contributed by atoms with van der Waals surface area (Å²) in [6.07, 6.45) is 0. The SMILES string of the molecule is Cc1nc2c(C(C)C)c(C)c(C)c(C)c2o1. The van der Waals surface area contributed by atoms with Crippen LogP contribution in [0.4, 0.5) is 0 Å². The molecule has 16 heavy (non-hydrogen) atoms. The van der Waals surface area contributed by atoms with Crippen LogP contribution in [0, 0.1) is 27.7 Å². The van der Waals surface area contributed by atoms with Gasteiger partial charge in [0.2, 0.25) is 0 Å². The fraction of sp³-hybridized carbons (Fsp3) is 0.500. The third-order valence-corrected chi connectivity index (χ3v) is 3.44. The first-order chi connectivity index (χ1) is 7.43. The molecule has 0 saturated carbocycles. The van der Waals surface area contributed by atoms with Gasteiger partial charge in [-0.05, 0) is 48.9 Å². The quantitative estimate of drug-likeness (QED) is 0.716. The van der Waals surface area contributed by atoms with Crippen molar-refractivity contribution in [2.24, 2.45) is 0 Å². The van der Waals surface area contributed by atoms with Crippen LogP contribution in [0.15, 0.2) is 4.42 Å². The number of benzene rings is 1. The number of aryl methyl sites for hydroxylation is 2. The average molecular weight is 217 g/mol. The molecule has 0 radical (unpaired) electrons. The smallest absolute Gasteiger partial charge is 0.192 e. The van der Waals surface area contributed by atoms with E-state index in [1.807, 2.05) is 6.92 Å². The molecule has 1 aromatic heterocycles. The number of hydrogen-bond acceptors (Lipinski definition) is 2. The molecular weight excluding hydrogens is 198 g/mol. The second kappa shape index (κ2) is 3.62. The lowest BCUT2D eigenvalue weighted by molar-refractivity contribution is 0.559. The van der Waals surface area contributed by atoms with Gasteiger partial charge in [-0.2, -0.15) is 0 Å². The maximum absolute atomic E-state index is 5.71.